The first-order valence-electron chi connectivity index (χ1n) is 6.47. The highest BCUT2D eigenvalue weighted by Gasteiger charge is 2.45. The normalized spacial score (nSPS) is 36.9. The van der Waals surface area contributed by atoms with Crippen molar-refractivity contribution in [1.82, 2.24) is 5.32 Å². The number of fused-ring (bicyclic) bond motifs is 2. The predicted octanol–water partition coefficient (Wildman–Crippen LogP) is 3.28. The van der Waals surface area contributed by atoms with Crippen LogP contribution in [0.3, 0.4) is 0 Å². The molecule has 2 atom stereocenters. The molecule has 3 rings (SSSR count). The Morgan fingerprint density at radius 2 is 2.18 bits per heavy atom. The summed E-state index contributed by atoms with van der Waals surface area (Å²) in [6, 6.07) is 0.341. The van der Waals surface area contributed by atoms with Crippen molar-refractivity contribution in [1.29, 1.82) is 0 Å². The molecule has 0 bridgehead atoms. The Labute approximate surface area is 107 Å². The second-order valence-corrected chi connectivity index (χ2v) is 6.16. The van der Waals surface area contributed by atoms with Crippen molar-refractivity contribution in [3.8, 4) is 0 Å². The maximum atomic E-state index is 11.5. The zero-order valence-corrected chi connectivity index (χ0v) is 10.9. The molecule has 1 saturated heterocycles. The minimum Gasteiger partial charge on any atom is -0.352 e. The van der Waals surface area contributed by atoms with Crippen LogP contribution >= 0.6 is 11.6 Å². The molecule has 17 heavy (non-hydrogen) atoms. The fourth-order valence-electron chi connectivity index (χ4n) is 3.65. The number of rotatable bonds is 0. The van der Waals surface area contributed by atoms with Crippen LogP contribution in [0.25, 0.3) is 0 Å². The highest BCUT2D eigenvalue weighted by atomic mass is 35.5. The van der Waals surface area contributed by atoms with E-state index in [-0.39, 0.29) is 11.3 Å². The summed E-state index contributed by atoms with van der Waals surface area (Å²) < 4.78 is 0. The van der Waals surface area contributed by atoms with Crippen LogP contribution in [0.5, 0.6) is 0 Å². The molecule has 2 unspecified atom stereocenters. The summed E-state index contributed by atoms with van der Waals surface area (Å²) in [7, 11) is 0. The smallest absolute Gasteiger partial charge is 0.220 e. The van der Waals surface area contributed by atoms with Crippen molar-refractivity contribution in [2.75, 3.05) is 0 Å². The maximum Gasteiger partial charge on any atom is 0.220 e. The van der Waals surface area contributed by atoms with Crippen LogP contribution in [-0.4, -0.2) is 11.9 Å². The van der Waals surface area contributed by atoms with Gasteiger partial charge in [0.05, 0.1) is 0 Å². The lowest BCUT2D eigenvalue weighted by atomic mass is 9.62. The third-order valence-corrected chi connectivity index (χ3v) is 5.00. The summed E-state index contributed by atoms with van der Waals surface area (Å²) in [5.74, 6) is 0.223. The quantitative estimate of drug-likeness (QED) is 0.703. The van der Waals surface area contributed by atoms with Gasteiger partial charge in [0.1, 0.15) is 0 Å². The summed E-state index contributed by atoms with van der Waals surface area (Å²) in [5.41, 5.74) is 3.17. The van der Waals surface area contributed by atoms with Gasteiger partial charge in [0.2, 0.25) is 5.91 Å². The van der Waals surface area contributed by atoms with Crippen LogP contribution in [0.1, 0.15) is 45.4 Å². The summed E-state index contributed by atoms with van der Waals surface area (Å²) >= 11 is 6.14. The van der Waals surface area contributed by atoms with Crippen LogP contribution in [-0.2, 0) is 4.79 Å². The standard InChI is InChI=1S/C14H18ClNO/c1-14-7-6-13(17)16-12(14)5-2-9-8-10(15)3-4-11(9)14/h8,12H,2-7H2,1H3,(H,16,17). The molecule has 1 amide bonds. The second-order valence-electron chi connectivity index (χ2n) is 5.67. The topological polar surface area (TPSA) is 29.1 Å². The van der Waals surface area contributed by atoms with Crippen molar-refractivity contribution in [2.24, 2.45) is 5.41 Å². The molecule has 0 spiro atoms. The van der Waals surface area contributed by atoms with E-state index in [9.17, 15) is 4.79 Å². The summed E-state index contributed by atoms with van der Waals surface area (Å²) in [6.07, 6.45) is 7.99. The number of nitrogens with one attached hydrogen (secondary N) is 1. The number of piperidine rings is 1. The number of hydrogen-bond donors (Lipinski definition) is 1. The minimum absolute atomic E-state index is 0.176. The highest BCUT2D eigenvalue weighted by molar-refractivity contribution is 6.29. The van der Waals surface area contributed by atoms with E-state index >= 15 is 0 Å². The third kappa shape index (κ3) is 1.74. The molecule has 0 radical (unpaired) electrons. The second kappa shape index (κ2) is 3.88. The molecule has 2 aliphatic carbocycles. The molecule has 0 aromatic rings. The van der Waals surface area contributed by atoms with E-state index in [0.29, 0.717) is 12.5 Å². The number of halogens is 1. The number of allylic oxidation sites excluding steroid dienone is 3. The lowest BCUT2D eigenvalue weighted by Crippen LogP contribution is -2.53. The molecule has 2 nitrogen and oxygen atoms in total. The largest absolute Gasteiger partial charge is 0.352 e. The number of carbonyl (C=O) groups is 1. The van der Waals surface area contributed by atoms with Crippen molar-refractivity contribution in [2.45, 2.75) is 51.5 Å². The SMILES string of the molecule is CC12CCC(=O)NC1CCC1=C2CCC(Cl)=C1. The van der Waals surface area contributed by atoms with Crippen molar-refractivity contribution < 1.29 is 4.79 Å². The van der Waals surface area contributed by atoms with Crippen molar-refractivity contribution in [3.63, 3.8) is 0 Å². The van der Waals surface area contributed by atoms with Crippen molar-refractivity contribution >= 4 is 17.5 Å². The minimum atomic E-state index is 0.176. The molecule has 1 heterocycles. The molecule has 1 aliphatic heterocycles. The molecule has 3 heteroatoms. The first kappa shape index (κ1) is 11.3. The van der Waals surface area contributed by atoms with Crippen LogP contribution in [0.4, 0.5) is 0 Å². The Morgan fingerprint density at radius 1 is 1.35 bits per heavy atom. The van der Waals surface area contributed by atoms with Crippen molar-refractivity contribution in [3.05, 3.63) is 22.3 Å². The van der Waals surface area contributed by atoms with Crippen LogP contribution < -0.4 is 5.32 Å². The van der Waals surface area contributed by atoms with E-state index in [0.717, 1.165) is 37.1 Å². The molecule has 1 N–H and O–H groups in total. The Morgan fingerprint density at radius 3 is 3.00 bits per heavy atom. The van der Waals surface area contributed by atoms with Gasteiger partial charge in [-0.1, -0.05) is 24.1 Å². The molecule has 0 aromatic carbocycles. The third-order valence-electron chi connectivity index (χ3n) is 4.70. The van der Waals surface area contributed by atoms with Gasteiger partial charge in [-0.25, -0.2) is 0 Å². The van der Waals surface area contributed by atoms with Crippen LogP contribution in [0.15, 0.2) is 22.3 Å². The lowest BCUT2D eigenvalue weighted by Gasteiger charge is -2.48. The molecule has 1 fully saturated rings. The van der Waals surface area contributed by atoms with Crippen LogP contribution in [0, 0.1) is 5.41 Å². The van der Waals surface area contributed by atoms with Gasteiger partial charge in [-0.15, -0.1) is 0 Å². The molecule has 92 valence electrons. The van der Waals surface area contributed by atoms with E-state index in [1.807, 2.05) is 0 Å². The monoisotopic (exact) mass is 251 g/mol. The fourth-order valence-corrected chi connectivity index (χ4v) is 3.88. The zero-order chi connectivity index (χ0) is 12.0. The predicted molar refractivity (Wildman–Crippen MR) is 68.7 cm³/mol. The van der Waals surface area contributed by atoms with Gasteiger partial charge < -0.3 is 5.32 Å². The Balaban J connectivity index is 2.00. The van der Waals surface area contributed by atoms with E-state index in [1.165, 1.54) is 5.57 Å². The molecular formula is C14H18ClNO. The average molecular weight is 252 g/mol. The molecule has 0 saturated carbocycles. The van der Waals surface area contributed by atoms with Crippen LogP contribution in [0.2, 0.25) is 0 Å². The van der Waals surface area contributed by atoms with Gasteiger partial charge in [-0.05, 0) is 43.8 Å². The van der Waals surface area contributed by atoms with Gasteiger partial charge in [-0.3, -0.25) is 4.79 Å². The first-order valence-corrected chi connectivity index (χ1v) is 6.85. The first-order chi connectivity index (χ1) is 8.09. The van der Waals surface area contributed by atoms with E-state index in [1.54, 1.807) is 5.57 Å². The Bertz CT molecular complexity index is 438. The lowest BCUT2D eigenvalue weighted by molar-refractivity contribution is -0.125. The Hall–Kier alpha value is -0.760. The van der Waals surface area contributed by atoms with E-state index in [4.69, 9.17) is 11.6 Å². The highest BCUT2D eigenvalue weighted by Crippen LogP contribution is 2.50. The summed E-state index contributed by atoms with van der Waals surface area (Å²) in [4.78, 5) is 11.5. The van der Waals surface area contributed by atoms with Gasteiger partial charge >= 0.3 is 0 Å². The number of hydrogen-bond acceptors (Lipinski definition) is 1. The van der Waals surface area contributed by atoms with Gasteiger partial charge in [0.25, 0.3) is 0 Å². The number of carbonyl (C=O) groups excluding carboxylic acids is 1. The fraction of sp³-hybridized carbons (Fsp3) is 0.643. The van der Waals surface area contributed by atoms with E-state index in [2.05, 4.69) is 18.3 Å². The van der Waals surface area contributed by atoms with Gasteiger partial charge in [0.15, 0.2) is 0 Å². The molecule has 0 aromatic heterocycles. The average Bonchev–Trinajstić information content (AvgIpc) is 2.30. The zero-order valence-electron chi connectivity index (χ0n) is 10.2. The number of amides is 1. The summed E-state index contributed by atoms with van der Waals surface area (Å²) in [5, 5.41) is 4.17. The Kier molecular flexibility index (Phi) is 2.58. The van der Waals surface area contributed by atoms with E-state index < -0.39 is 0 Å². The van der Waals surface area contributed by atoms with Gasteiger partial charge in [-0.2, -0.15) is 0 Å². The maximum absolute atomic E-state index is 11.5. The molecular weight excluding hydrogens is 234 g/mol. The summed E-state index contributed by atoms with van der Waals surface area (Å²) in [6.45, 7) is 2.32. The molecule has 3 aliphatic rings. The van der Waals surface area contributed by atoms with Gasteiger partial charge in [0, 0.05) is 22.9 Å².